The van der Waals surface area contributed by atoms with Crippen LogP contribution in [0.15, 0.2) is 55.8 Å². The third kappa shape index (κ3) is 2.70. The molecule has 1 aliphatic heterocycles. The van der Waals surface area contributed by atoms with Gasteiger partial charge in [0, 0.05) is 10.6 Å². The van der Waals surface area contributed by atoms with Gasteiger partial charge in [-0.1, -0.05) is 42.5 Å². The Morgan fingerprint density at radius 2 is 1.95 bits per heavy atom. The van der Waals surface area contributed by atoms with Crippen molar-refractivity contribution in [3.8, 4) is 0 Å². The number of hydrogen-bond donors (Lipinski definition) is 0. The number of carbonyl (C=O) groups is 2. The van der Waals surface area contributed by atoms with Crippen LogP contribution in [0.3, 0.4) is 0 Å². The summed E-state index contributed by atoms with van der Waals surface area (Å²) in [7, 11) is 0. The SMILES string of the molecule is C=CCOC(=O)C1(CC=C)C(=O)OC=C1c1ccc(Cl)cc1. The third-order valence-electron chi connectivity index (χ3n) is 3.38. The lowest BCUT2D eigenvalue weighted by Gasteiger charge is -2.25. The van der Waals surface area contributed by atoms with Gasteiger partial charge in [-0.3, -0.25) is 9.59 Å². The van der Waals surface area contributed by atoms with Gasteiger partial charge in [-0.15, -0.1) is 6.58 Å². The number of hydrogen-bond acceptors (Lipinski definition) is 4. The van der Waals surface area contributed by atoms with Crippen molar-refractivity contribution in [2.24, 2.45) is 5.41 Å². The van der Waals surface area contributed by atoms with Gasteiger partial charge in [0.1, 0.15) is 12.9 Å². The maximum atomic E-state index is 12.5. The third-order valence-corrected chi connectivity index (χ3v) is 3.63. The molecule has 1 atom stereocenters. The van der Waals surface area contributed by atoms with Gasteiger partial charge in [-0.05, 0) is 24.1 Å². The Labute approximate surface area is 133 Å². The zero-order valence-corrected chi connectivity index (χ0v) is 12.6. The molecule has 5 heteroatoms. The van der Waals surface area contributed by atoms with Gasteiger partial charge in [0.2, 0.25) is 0 Å². The number of allylic oxidation sites excluding steroid dienone is 1. The van der Waals surface area contributed by atoms with Crippen LogP contribution in [0.4, 0.5) is 0 Å². The van der Waals surface area contributed by atoms with E-state index in [0.29, 0.717) is 16.2 Å². The molecule has 1 aliphatic rings. The second-order valence-electron chi connectivity index (χ2n) is 4.73. The van der Waals surface area contributed by atoms with E-state index in [1.165, 1.54) is 18.4 Å². The largest absolute Gasteiger partial charge is 0.460 e. The Balaban J connectivity index is 2.48. The molecular formula is C17H15ClO4. The van der Waals surface area contributed by atoms with Gasteiger partial charge in [-0.2, -0.15) is 0 Å². The highest BCUT2D eigenvalue weighted by Gasteiger charge is 2.55. The highest BCUT2D eigenvalue weighted by atomic mass is 35.5. The first-order valence-electron chi connectivity index (χ1n) is 6.63. The number of carbonyl (C=O) groups excluding carboxylic acids is 2. The van der Waals surface area contributed by atoms with E-state index in [1.54, 1.807) is 24.3 Å². The minimum atomic E-state index is -1.54. The lowest BCUT2D eigenvalue weighted by atomic mass is 9.76. The average molecular weight is 319 g/mol. The number of ether oxygens (including phenoxy) is 2. The highest BCUT2D eigenvalue weighted by Crippen LogP contribution is 2.45. The quantitative estimate of drug-likeness (QED) is 0.457. The lowest BCUT2D eigenvalue weighted by molar-refractivity contribution is -0.161. The van der Waals surface area contributed by atoms with Crippen LogP contribution < -0.4 is 0 Å². The van der Waals surface area contributed by atoms with E-state index in [-0.39, 0.29) is 13.0 Å². The summed E-state index contributed by atoms with van der Waals surface area (Å²) in [6.45, 7) is 7.13. The standard InChI is InChI=1S/C17H15ClO4/c1-3-9-17(15(19)21-10-4-2)14(11-22-16(17)20)12-5-7-13(18)8-6-12/h3-8,11H,1-2,9-10H2. The fourth-order valence-electron chi connectivity index (χ4n) is 2.31. The molecular weight excluding hydrogens is 304 g/mol. The van der Waals surface area contributed by atoms with Crippen molar-refractivity contribution in [3.63, 3.8) is 0 Å². The average Bonchev–Trinajstić information content (AvgIpc) is 2.84. The summed E-state index contributed by atoms with van der Waals surface area (Å²) in [4.78, 5) is 24.8. The minimum Gasteiger partial charge on any atom is -0.460 e. The first kappa shape index (κ1) is 16.0. The van der Waals surface area contributed by atoms with Crippen molar-refractivity contribution in [2.75, 3.05) is 6.61 Å². The van der Waals surface area contributed by atoms with E-state index in [4.69, 9.17) is 21.1 Å². The van der Waals surface area contributed by atoms with Gasteiger partial charge < -0.3 is 9.47 Å². The van der Waals surface area contributed by atoms with Crippen molar-refractivity contribution in [2.45, 2.75) is 6.42 Å². The van der Waals surface area contributed by atoms with Crippen LogP contribution in [0, 0.1) is 5.41 Å². The molecule has 2 rings (SSSR count). The maximum absolute atomic E-state index is 12.5. The van der Waals surface area contributed by atoms with E-state index in [0.717, 1.165) is 0 Å². The molecule has 0 aromatic heterocycles. The fourth-order valence-corrected chi connectivity index (χ4v) is 2.44. The predicted octanol–water partition coefficient (Wildman–Crippen LogP) is 3.53. The topological polar surface area (TPSA) is 52.6 Å². The lowest BCUT2D eigenvalue weighted by Crippen LogP contribution is -2.39. The molecule has 0 radical (unpaired) electrons. The monoisotopic (exact) mass is 318 g/mol. The van der Waals surface area contributed by atoms with Crippen molar-refractivity contribution < 1.29 is 19.1 Å². The number of rotatable bonds is 6. The van der Waals surface area contributed by atoms with E-state index in [1.807, 2.05) is 0 Å². The summed E-state index contributed by atoms with van der Waals surface area (Å²) >= 11 is 5.87. The number of cyclic esters (lactones) is 1. The molecule has 1 unspecified atom stereocenters. The second-order valence-corrected chi connectivity index (χ2v) is 5.17. The first-order chi connectivity index (χ1) is 10.6. The molecule has 22 heavy (non-hydrogen) atoms. The number of benzene rings is 1. The summed E-state index contributed by atoms with van der Waals surface area (Å²) in [6.07, 6.45) is 4.29. The maximum Gasteiger partial charge on any atom is 0.333 e. The Kier molecular flexibility index (Phi) is 4.83. The van der Waals surface area contributed by atoms with E-state index >= 15 is 0 Å². The Hall–Kier alpha value is -2.33. The zero-order chi connectivity index (χ0) is 16.2. The normalized spacial score (nSPS) is 20.0. The van der Waals surface area contributed by atoms with Gasteiger partial charge >= 0.3 is 11.9 Å². The number of esters is 2. The van der Waals surface area contributed by atoms with Crippen LogP contribution in [0.1, 0.15) is 12.0 Å². The van der Waals surface area contributed by atoms with Crippen LogP contribution >= 0.6 is 11.6 Å². The van der Waals surface area contributed by atoms with E-state index in [9.17, 15) is 9.59 Å². The highest BCUT2D eigenvalue weighted by molar-refractivity contribution is 6.30. The molecule has 0 N–H and O–H groups in total. The van der Waals surface area contributed by atoms with Crippen molar-refractivity contribution in [1.82, 2.24) is 0 Å². The van der Waals surface area contributed by atoms with Crippen LogP contribution in [0.25, 0.3) is 5.57 Å². The Bertz CT molecular complexity index is 645. The Morgan fingerprint density at radius 3 is 2.55 bits per heavy atom. The molecule has 0 saturated heterocycles. The smallest absolute Gasteiger partial charge is 0.333 e. The molecule has 0 saturated carbocycles. The van der Waals surface area contributed by atoms with E-state index in [2.05, 4.69) is 13.2 Å². The summed E-state index contributed by atoms with van der Waals surface area (Å²) in [6, 6.07) is 6.78. The molecule has 0 spiro atoms. The van der Waals surface area contributed by atoms with Crippen LogP contribution in [0.5, 0.6) is 0 Å². The molecule has 0 amide bonds. The summed E-state index contributed by atoms with van der Waals surface area (Å²) in [5.74, 6) is -1.36. The fraction of sp³-hybridized carbons (Fsp3) is 0.176. The van der Waals surface area contributed by atoms with Crippen LogP contribution in [-0.2, 0) is 19.1 Å². The predicted molar refractivity (Wildman–Crippen MR) is 83.9 cm³/mol. The summed E-state index contributed by atoms with van der Waals surface area (Å²) < 4.78 is 10.1. The van der Waals surface area contributed by atoms with E-state index < -0.39 is 17.4 Å². The zero-order valence-electron chi connectivity index (χ0n) is 11.9. The molecule has 1 aromatic rings. The molecule has 1 heterocycles. The molecule has 0 fully saturated rings. The van der Waals surface area contributed by atoms with Crippen molar-refractivity contribution >= 4 is 29.1 Å². The molecule has 4 nitrogen and oxygen atoms in total. The second kappa shape index (κ2) is 6.62. The molecule has 0 aliphatic carbocycles. The van der Waals surface area contributed by atoms with Gasteiger partial charge in [-0.25, -0.2) is 0 Å². The first-order valence-corrected chi connectivity index (χ1v) is 7.00. The molecule has 114 valence electrons. The summed E-state index contributed by atoms with van der Waals surface area (Å²) in [5.41, 5.74) is -0.450. The van der Waals surface area contributed by atoms with Crippen LogP contribution in [-0.4, -0.2) is 18.5 Å². The van der Waals surface area contributed by atoms with Crippen LogP contribution in [0.2, 0.25) is 5.02 Å². The summed E-state index contributed by atoms with van der Waals surface area (Å²) in [5, 5.41) is 0.554. The molecule has 0 bridgehead atoms. The van der Waals surface area contributed by atoms with Gasteiger partial charge in [0.05, 0.1) is 0 Å². The Morgan fingerprint density at radius 1 is 1.27 bits per heavy atom. The van der Waals surface area contributed by atoms with Gasteiger partial charge in [0.25, 0.3) is 0 Å². The van der Waals surface area contributed by atoms with Crippen molar-refractivity contribution in [1.29, 1.82) is 0 Å². The van der Waals surface area contributed by atoms with Gasteiger partial charge in [0.15, 0.2) is 5.41 Å². The molecule has 1 aromatic carbocycles. The van der Waals surface area contributed by atoms with Crippen molar-refractivity contribution in [3.05, 3.63) is 66.4 Å². The minimum absolute atomic E-state index is 0.0128. The number of halogens is 1.